The third kappa shape index (κ3) is 6.76. The number of hydrogen-bond acceptors (Lipinski definition) is 3. The molecule has 18 heavy (non-hydrogen) atoms. The summed E-state index contributed by atoms with van der Waals surface area (Å²) in [7, 11) is -0.978. The van der Waals surface area contributed by atoms with Gasteiger partial charge in [-0.25, -0.2) is 9.78 Å². The minimum atomic E-state index is -0.978. The van der Waals surface area contributed by atoms with Crippen LogP contribution in [0, 0.1) is 6.92 Å². The van der Waals surface area contributed by atoms with Crippen LogP contribution in [0.1, 0.15) is 17.1 Å². The van der Waals surface area contributed by atoms with Crippen molar-refractivity contribution in [3.8, 4) is 0 Å². The second-order valence-corrected chi connectivity index (χ2v) is 12.2. The van der Waals surface area contributed by atoms with Crippen molar-refractivity contribution in [2.75, 3.05) is 6.54 Å². The van der Waals surface area contributed by atoms with E-state index in [0.717, 1.165) is 23.7 Å². The van der Waals surface area contributed by atoms with Crippen molar-refractivity contribution in [2.45, 2.75) is 45.6 Å². The Kier molecular flexibility index (Phi) is 5.81. The van der Waals surface area contributed by atoms with Crippen molar-refractivity contribution in [1.29, 1.82) is 0 Å². The minimum Gasteiger partial charge on any atom is -0.338 e. The molecule has 0 bridgehead atoms. The van der Waals surface area contributed by atoms with Gasteiger partial charge in [0.15, 0.2) is 0 Å². The summed E-state index contributed by atoms with van der Waals surface area (Å²) in [4.78, 5) is 15.8. The molecule has 0 aliphatic heterocycles. The van der Waals surface area contributed by atoms with Gasteiger partial charge >= 0.3 is 6.03 Å². The number of nitrogens with one attached hydrogen (secondary N) is 2. The summed E-state index contributed by atoms with van der Waals surface area (Å²) in [6.07, 6.45) is 1.07. The highest BCUT2D eigenvalue weighted by molar-refractivity contribution is 7.09. The topological polar surface area (TPSA) is 54.0 Å². The van der Waals surface area contributed by atoms with Gasteiger partial charge in [-0.2, -0.15) is 0 Å². The summed E-state index contributed by atoms with van der Waals surface area (Å²) in [5.41, 5.74) is 1.01. The molecule has 1 aromatic rings. The Bertz CT molecular complexity index is 387. The van der Waals surface area contributed by atoms with Gasteiger partial charge in [0.05, 0.1) is 6.54 Å². The minimum absolute atomic E-state index is 0.0987. The molecule has 2 N–H and O–H groups in total. The Morgan fingerprint density at radius 2 is 2.11 bits per heavy atom. The molecular weight excluding hydrogens is 262 g/mol. The standard InChI is InChI=1S/C12H23N3OSSi/c1-10-9-17-11(15-10)8-14-12(16)13-6-5-7-18(2,3)4/h9H,5-8H2,1-4H3,(H2,13,14,16). The lowest BCUT2D eigenvalue weighted by molar-refractivity contribution is 0.240. The number of carbonyl (C=O) groups excluding carboxylic acids is 1. The van der Waals surface area contributed by atoms with Crippen LogP contribution in [0.5, 0.6) is 0 Å². The monoisotopic (exact) mass is 285 g/mol. The van der Waals surface area contributed by atoms with Gasteiger partial charge in [0, 0.05) is 25.7 Å². The van der Waals surface area contributed by atoms with Crippen LogP contribution in [0.4, 0.5) is 4.79 Å². The number of rotatable bonds is 6. The number of carbonyl (C=O) groups is 1. The predicted molar refractivity (Wildman–Crippen MR) is 79.9 cm³/mol. The average Bonchev–Trinajstić information content (AvgIpc) is 2.66. The Hall–Kier alpha value is -0.883. The van der Waals surface area contributed by atoms with Crippen LogP contribution >= 0.6 is 11.3 Å². The summed E-state index contributed by atoms with van der Waals surface area (Å²) in [5, 5.41) is 8.64. The number of nitrogens with zero attached hydrogens (tertiary/aromatic N) is 1. The van der Waals surface area contributed by atoms with E-state index in [2.05, 4.69) is 35.3 Å². The third-order valence-electron chi connectivity index (χ3n) is 2.46. The first kappa shape index (κ1) is 15.2. The van der Waals surface area contributed by atoms with Crippen LogP contribution in [0.2, 0.25) is 25.7 Å². The molecule has 0 aliphatic carbocycles. The zero-order chi connectivity index (χ0) is 13.6. The number of aromatic nitrogens is 1. The van der Waals surface area contributed by atoms with E-state index in [0.29, 0.717) is 6.54 Å². The molecule has 0 saturated carbocycles. The fourth-order valence-electron chi connectivity index (χ4n) is 1.52. The number of aryl methyl sites for hydroxylation is 1. The third-order valence-corrected chi connectivity index (χ3v) is 5.28. The number of hydrogen-bond donors (Lipinski definition) is 2. The number of urea groups is 1. The van der Waals surface area contributed by atoms with Gasteiger partial charge in [0.25, 0.3) is 0 Å². The van der Waals surface area contributed by atoms with Crippen molar-refractivity contribution < 1.29 is 4.79 Å². The van der Waals surface area contributed by atoms with Gasteiger partial charge in [-0.15, -0.1) is 11.3 Å². The molecular formula is C12H23N3OSSi. The van der Waals surface area contributed by atoms with Crippen molar-refractivity contribution >= 4 is 25.4 Å². The van der Waals surface area contributed by atoms with E-state index < -0.39 is 8.07 Å². The second kappa shape index (κ2) is 6.89. The van der Waals surface area contributed by atoms with E-state index in [1.54, 1.807) is 11.3 Å². The first-order chi connectivity index (χ1) is 8.37. The second-order valence-electron chi connectivity index (χ2n) is 5.66. The van der Waals surface area contributed by atoms with Crippen LogP contribution in [0.3, 0.4) is 0 Å². The van der Waals surface area contributed by atoms with Gasteiger partial charge in [0.1, 0.15) is 5.01 Å². The lowest BCUT2D eigenvalue weighted by Gasteiger charge is -2.15. The van der Waals surface area contributed by atoms with Crippen LogP contribution in [-0.4, -0.2) is 25.6 Å². The number of amides is 2. The lowest BCUT2D eigenvalue weighted by Crippen LogP contribution is -2.36. The lowest BCUT2D eigenvalue weighted by atomic mass is 10.5. The maximum Gasteiger partial charge on any atom is 0.315 e. The van der Waals surface area contributed by atoms with Crippen molar-refractivity contribution in [1.82, 2.24) is 15.6 Å². The molecule has 4 nitrogen and oxygen atoms in total. The largest absolute Gasteiger partial charge is 0.338 e. The zero-order valence-electron chi connectivity index (χ0n) is 11.7. The maximum absolute atomic E-state index is 11.5. The van der Waals surface area contributed by atoms with E-state index >= 15 is 0 Å². The molecule has 0 fully saturated rings. The normalized spacial score (nSPS) is 11.3. The molecule has 0 spiro atoms. The van der Waals surface area contributed by atoms with Crippen molar-refractivity contribution in [3.05, 3.63) is 16.1 Å². The van der Waals surface area contributed by atoms with Gasteiger partial charge in [0.2, 0.25) is 0 Å². The van der Waals surface area contributed by atoms with E-state index in [4.69, 9.17) is 0 Å². The quantitative estimate of drug-likeness (QED) is 0.623. The molecule has 0 saturated heterocycles. The molecule has 1 rings (SSSR count). The van der Waals surface area contributed by atoms with Crippen molar-refractivity contribution in [2.24, 2.45) is 0 Å². The van der Waals surface area contributed by atoms with Gasteiger partial charge < -0.3 is 10.6 Å². The highest BCUT2D eigenvalue weighted by Gasteiger charge is 2.12. The predicted octanol–water partition coefficient (Wildman–Crippen LogP) is 2.98. The number of thiazole rings is 1. The zero-order valence-corrected chi connectivity index (χ0v) is 13.5. The Morgan fingerprint density at radius 1 is 1.39 bits per heavy atom. The van der Waals surface area contributed by atoms with Crippen LogP contribution in [0.25, 0.3) is 0 Å². The molecule has 102 valence electrons. The van der Waals surface area contributed by atoms with E-state index in [1.165, 1.54) is 6.04 Å². The first-order valence-corrected chi connectivity index (χ1v) is 10.9. The maximum atomic E-state index is 11.5. The first-order valence-electron chi connectivity index (χ1n) is 6.29. The summed E-state index contributed by atoms with van der Waals surface area (Å²) >= 11 is 1.58. The van der Waals surface area contributed by atoms with Crippen LogP contribution < -0.4 is 10.6 Å². The van der Waals surface area contributed by atoms with Gasteiger partial charge in [-0.1, -0.05) is 25.7 Å². The van der Waals surface area contributed by atoms with E-state index in [9.17, 15) is 4.79 Å². The fourth-order valence-corrected chi connectivity index (χ4v) is 3.47. The smallest absolute Gasteiger partial charge is 0.315 e. The molecule has 2 amide bonds. The SMILES string of the molecule is Cc1csc(CNC(=O)NCCC[Si](C)(C)C)n1. The summed E-state index contributed by atoms with van der Waals surface area (Å²) in [6.45, 7) is 10.3. The van der Waals surface area contributed by atoms with Crippen molar-refractivity contribution in [3.63, 3.8) is 0 Å². The molecule has 0 aromatic carbocycles. The Labute approximate surface area is 114 Å². The summed E-state index contributed by atoms with van der Waals surface area (Å²) < 4.78 is 0. The molecule has 6 heteroatoms. The summed E-state index contributed by atoms with van der Waals surface area (Å²) in [6, 6.07) is 1.15. The average molecular weight is 285 g/mol. The fraction of sp³-hybridized carbons (Fsp3) is 0.667. The molecule has 0 unspecified atom stereocenters. The molecule has 0 aliphatic rings. The highest BCUT2D eigenvalue weighted by atomic mass is 32.1. The van der Waals surface area contributed by atoms with Gasteiger partial charge in [-0.3, -0.25) is 0 Å². The van der Waals surface area contributed by atoms with E-state index in [1.807, 2.05) is 12.3 Å². The van der Waals surface area contributed by atoms with Crippen LogP contribution in [0.15, 0.2) is 5.38 Å². The molecule has 0 radical (unpaired) electrons. The molecule has 1 aromatic heterocycles. The van der Waals surface area contributed by atoms with Crippen LogP contribution in [-0.2, 0) is 6.54 Å². The Morgan fingerprint density at radius 3 is 2.67 bits per heavy atom. The Balaban J connectivity index is 2.11. The van der Waals surface area contributed by atoms with E-state index in [-0.39, 0.29) is 6.03 Å². The summed E-state index contributed by atoms with van der Waals surface area (Å²) in [5.74, 6) is 0. The highest BCUT2D eigenvalue weighted by Crippen LogP contribution is 2.10. The molecule has 0 atom stereocenters. The van der Waals surface area contributed by atoms with Gasteiger partial charge in [-0.05, 0) is 13.3 Å². The molecule has 1 heterocycles.